The number of rotatable bonds is 5. The van der Waals surface area contributed by atoms with Crippen LogP contribution in [0.4, 0.5) is 0 Å². The van der Waals surface area contributed by atoms with E-state index in [-0.39, 0.29) is 17.5 Å². The maximum Gasteiger partial charge on any atom is 0.330 e. The number of amides is 1. The number of aromatic nitrogens is 3. The Hall–Kier alpha value is -2.35. The van der Waals surface area contributed by atoms with Gasteiger partial charge < -0.3 is 19.1 Å². The van der Waals surface area contributed by atoms with Gasteiger partial charge in [-0.05, 0) is 12.8 Å². The first-order valence-corrected chi connectivity index (χ1v) is 8.00. The average Bonchev–Trinajstić information content (AvgIpc) is 3.24. The smallest absolute Gasteiger partial charge is 0.330 e. The van der Waals surface area contributed by atoms with Crippen molar-refractivity contribution in [1.82, 2.24) is 19.6 Å². The van der Waals surface area contributed by atoms with Gasteiger partial charge in [0.25, 0.3) is 0 Å². The Morgan fingerprint density at radius 3 is 2.67 bits per heavy atom. The van der Waals surface area contributed by atoms with Gasteiger partial charge >= 0.3 is 5.97 Å². The molecular weight excluding hydrogens is 336 g/mol. The van der Waals surface area contributed by atoms with Crippen LogP contribution in [0.15, 0.2) is 29.3 Å². The van der Waals surface area contributed by atoms with E-state index in [1.54, 1.807) is 27.9 Å². The van der Waals surface area contributed by atoms with Crippen molar-refractivity contribution in [3.05, 3.63) is 35.7 Å². The van der Waals surface area contributed by atoms with Crippen LogP contribution in [-0.2, 0) is 21.5 Å². The number of likely N-dealkylation sites (tertiary alicyclic amines) is 1. The number of carboxylic acids is 1. The van der Waals surface area contributed by atoms with Gasteiger partial charge in [-0.2, -0.15) is 0 Å². The minimum atomic E-state index is -1.04. The number of hydrogen-bond donors (Lipinski definition) is 1. The van der Waals surface area contributed by atoms with Crippen LogP contribution in [0.2, 0.25) is 5.15 Å². The summed E-state index contributed by atoms with van der Waals surface area (Å²) in [5.41, 5.74) is -1.04. The molecule has 0 radical (unpaired) electrons. The minimum Gasteiger partial charge on any atom is -0.479 e. The maximum atomic E-state index is 12.3. The van der Waals surface area contributed by atoms with Crippen molar-refractivity contribution in [2.75, 3.05) is 13.1 Å². The normalized spacial score (nSPS) is 17.0. The molecule has 1 aliphatic heterocycles. The maximum absolute atomic E-state index is 12.3. The van der Waals surface area contributed by atoms with Gasteiger partial charge in [0, 0.05) is 44.4 Å². The Bertz CT molecular complexity index is 720. The number of nitrogens with zero attached hydrogens (tertiary/aromatic N) is 4. The van der Waals surface area contributed by atoms with E-state index in [9.17, 15) is 14.7 Å². The molecule has 128 valence electrons. The summed E-state index contributed by atoms with van der Waals surface area (Å²) < 4.78 is 6.59. The topological polar surface area (TPSA) is 101 Å². The first-order chi connectivity index (χ1) is 11.5. The van der Waals surface area contributed by atoms with Crippen molar-refractivity contribution < 1.29 is 19.2 Å². The molecule has 1 saturated heterocycles. The van der Waals surface area contributed by atoms with E-state index in [0.717, 1.165) is 0 Å². The predicted octanol–water partition coefficient (Wildman–Crippen LogP) is 1.56. The number of halogens is 1. The first kappa shape index (κ1) is 16.5. The summed E-state index contributed by atoms with van der Waals surface area (Å²) in [5, 5.41) is 13.5. The highest BCUT2D eigenvalue weighted by atomic mass is 35.5. The molecule has 2 aromatic rings. The number of carboxylic acid groups (broad SMARTS) is 1. The second-order valence-corrected chi connectivity index (χ2v) is 6.19. The number of aliphatic carboxylic acids is 1. The molecule has 1 fully saturated rings. The van der Waals surface area contributed by atoms with Gasteiger partial charge in [-0.1, -0.05) is 16.8 Å². The fourth-order valence-electron chi connectivity index (χ4n) is 3.01. The molecule has 1 aliphatic rings. The summed E-state index contributed by atoms with van der Waals surface area (Å²) in [4.78, 5) is 29.7. The van der Waals surface area contributed by atoms with E-state index in [4.69, 9.17) is 16.1 Å². The second-order valence-electron chi connectivity index (χ2n) is 5.80. The number of carbonyl (C=O) groups is 2. The van der Waals surface area contributed by atoms with Gasteiger partial charge in [0.05, 0.1) is 6.33 Å². The average molecular weight is 353 g/mol. The SMILES string of the molecule is O=C(CCc1cc(Cl)no1)N1CCC(C(=O)O)(n2ccnc2)CC1. The Morgan fingerprint density at radius 2 is 2.12 bits per heavy atom. The van der Waals surface area contributed by atoms with Crippen molar-refractivity contribution in [2.24, 2.45) is 0 Å². The molecule has 0 spiro atoms. The molecular formula is C15H17ClN4O4. The van der Waals surface area contributed by atoms with Gasteiger partial charge in [0.2, 0.25) is 5.91 Å². The molecule has 1 N–H and O–H groups in total. The van der Waals surface area contributed by atoms with E-state index in [2.05, 4.69) is 10.1 Å². The highest BCUT2D eigenvalue weighted by molar-refractivity contribution is 6.29. The third kappa shape index (κ3) is 3.14. The summed E-state index contributed by atoms with van der Waals surface area (Å²) in [5.74, 6) is -0.375. The fourth-order valence-corrected chi connectivity index (χ4v) is 3.17. The van der Waals surface area contributed by atoms with Crippen LogP contribution in [0, 0.1) is 0 Å². The zero-order chi connectivity index (χ0) is 17.2. The highest BCUT2D eigenvalue weighted by Gasteiger charge is 2.43. The number of carbonyl (C=O) groups excluding carboxylic acids is 1. The van der Waals surface area contributed by atoms with Crippen LogP contribution in [-0.4, -0.2) is 49.7 Å². The van der Waals surface area contributed by atoms with Crippen molar-refractivity contribution in [3.8, 4) is 0 Å². The third-order valence-corrected chi connectivity index (χ3v) is 4.63. The minimum absolute atomic E-state index is 0.0351. The lowest BCUT2D eigenvalue weighted by Gasteiger charge is -2.39. The molecule has 2 aromatic heterocycles. The Morgan fingerprint density at radius 1 is 1.38 bits per heavy atom. The predicted molar refractivity (Wildman–Crippen MR) is 83.5 cm³/mol. The van der Waals surface area contributed by atoms with Crippen LogP contribution >= 0.6 is 11.6 Å². The lowest BCUT2D eigenvalue weighted by atomic mass is 9.87. The number of hydrogen-bond acceptors (Lipinski definition) is 5. The van der Waals surface area contributed by atoms with Crippen LogP contribution in [0.5, 0.6) is 0 Å². The van der Waals surface area contributed by atoms with Crippen LogP contribution in [0.25, 0.3) is 0 Å². The number of piperidine rings is 1. The number of imidazole rings is 1. The molecule has 8 nitrogen and oxygen atoms in total. The van der Waals surface area contributed by atoms with E-state index >= 15 is 0 Å². The van der Waals surface area contributed by atoms with Crippen molar-refractivity contribution in [2.45, 2.75) is 31.2 Å². The van der Waals surface area contributed by atoms with E-state index < -0.39 is 11.5 Å². The highest BCUT2D eigenvalue weighted by Crippen LogP contribution is 2.31. The fraction of sp³-hybridized carbons (Fsp3) is 0.467. The Labute approximate surface area is 143 Å². The van der Waals surface area contributed by atoms with Crippen LogP contribution in [0.3, 0.4) is 0 Å². The van der Waals surface area contributed by atoms with Crippen LogP contribution < -0.4 is 0 Å². The molecule has 3 rings (SSSR count). The van der Waals surface area contributed by atoms with Crippen molar-refractivity contribution >= 4 is 23.5 Å². The lowest BCUT2D eigenvalue weighted by molar-refractivity contribution is -0.152. The standard InChI is InChI=1S/C15H17ClN4O4/c16-12-9-11(24-18-12)1-2-13(21)19-6-3-15(4-7-19,14(22)23)20-8-5-17-10-20/h5,8-10H,1-4,6-7H2,(H,22,23). The summed E-state index contributed by atoms with van der Waals surface area (Å²) >= 11 is 5.67. The van der Waals surface area contributed by atoms with E-state index in [0.29, 0.717) is 38.1 Å². The van der Waals surface area contributed by atoms with Crippen LogP contribution in [0.1, 0.15) is 25.0 Å². The molecule has 3 heterocycles. The molecule has 0 unspecified atom stereocenters. The zero-order valence-corrected chi connectivity index (χ0v) is 13.6. The zero-order valence-electron chi connectivity index (χ0n) is 12.9. The molecule has 24 heavy (non-hydrogen) atoms. The molecule has 0 aromatic carbocycles. The molecule has 0 bridgehead atoms. The van der Waals surface area contributed by atoms with E-state index in [1.807, 2.05) is 0 Å². The summed E-state index contributed by atoms with van der Waals surface area (Å²) in [6, 6.07) is 1.58. The van der Waals surface area contributed by atoms with Gasteiger partial charge in [-0.3, -0.25) is 4.79 Å². The summed E-state index contributed by atoms with van der Waals surface area (Å²) in [6.07, 6.45) is 6.11. The molecule has 0 atom stereocenters. The quantitative estimate of drug-likeness (QED) is 0.876. The summed E-state index contributed by atoms with van der Waals surface area (Å²) in [6.45, 7) is 0.779. The molecule has 0 saturated carbocycles. The largest absolute Gasteiger partial charge is 0.479 e. The van der Waals surface area contributed by atoms with Crippen molar-refractivity contribution in [1.29, 1.82) is 0 Å². The van der Waals surface area contributed by atoms with Crippen molar-refractivity contribution in [3.63, 3.8) is 0 Å². The monoisotopic (exact) mass is 352 g/mol. The Kier molecular flexibility index (Phi) is 4.57. The summed E-state index contributed by atoms with van der Waals surface area (Å²) in [7, 11) is 0. The Balaban J connectivity index is 1.59. The lowest BCUT2D eigenvalue weighted by Crippen LogP contribution is -2.52. The molecule has 0 aliphatic carbocycles. The van der Waals surface area contributed by atoms with Gasteiger partial charge in [-0.25, -0.2) is 9.78 Å². The first-order valence-electron chi connectivity index (χ1n) is 7.62. The van der Waals surface area contributed by atoms with E-state index in [1.165, 1.54) is 6.33 Å². The van der Waals surface area contributed by atoms with Gasteiger partial charge in [-0.15, -0.1) is 0 Å². The second kappa shape index (κ2) is 6.64. The van der Waals surface area contributed by atoms with Gasteiger partial charge in [0.15, 0.2) is 5.15 Å². The molecule has 9 heteroatoms. The molecule has 1 amide bonds. The van der Waals surface area contributed by atoms with Gasteiger partial charge in [0.1, 0.15) is 11.3 Å². The third-order valence-electron chi connectivity index (χ3n) is 4.46. The number of aryl methyl sites for hydroxylation is 1.